The lowest BCUT2D eigenvalue weighted by Gasteiger charge is -2.31. The van der Waals surface area contributed by atoms with E-state index >= 15 is 0 Å². The lowest BCUT2D eigenvalue weighted by Crippen LogP contribution is -2.44. The Labute approximate surface area is 219 Å². The molecule has 0 aliphatic carbocycles. The van der Waals surface area contributed by atoms with Crippen LogP contribution >= 0.6 is 23.2 Å². The van der Waals surface area contributed by atoms with Crippen LogP contribution in [0.4, 0.5) is 5.69 Å². The molecule has 1 saturated heterocycles. The summed E-state index contributed by atoms with van der Waals surface area (Å²) < 4.78 is 32.8. The van der Waals surface area contributed by atoms with Gasteiger partial charge in [-0.15, -0.1) is 0 Å². The fourth-order valence-electron chi connectivity index (χ4n) is 4.05. The molecule has 0 bridgehead atoms. The van der Waals surface area contributed by atoms with Crippen LogP contribution in [0.25, 0.3) is 0 Å². The summed E-state index contributed by atoms with van der Waals surface area (Å²) in [5.74, 6) is -1.04. The molecule has 0 radical (unpaired) electrons. The van der Waals surface area contributed by atoms with Gasteiger partial charge in [0, 0.05) is 28.7 Å². The first-order valence-corrected chi connectivity index (χ1v) is 13.7. The number of hydrogen-bond donors (Lipinski definition) is 2. The molecular weight excluding hydrogens is 525 g/mol. The van der Waals surface area contributed by atoms with Crippen molar-refractivity contribution in [2.24, 2.45) is 5.92 Å². The first kappa shape index (κ1) is 26.2. The van der Waals surface area contributed by atoms with Gasteiger partial charge in [0.1, 0.15) is 5.76 Å². The highest BCUT2D eigenvalue weighted by Crippen LogP contribution is 2.29. The van der Waals surface area contributed by atoms with E-state index in [0.29, 0.717) is 42.0 Å². The van der Waals surface area contributed by atoms with Crippen LogP contribution in [0.3, 0.4) is 0 Å². The zero-order valence-electron chi connectivity index (χ0n) is 19.2. The number of nitrogens with one attached hydrogen (secondary N) is 2. The molecule has 0 saturated carbocycles. The highest BCUT2D eigenvalue weighted by Gasteiger charge is 2.33. The molecule has 1 aliphatic rings. The summed E-state index contributed by atoms with van der Waals surface area (Å²) in [6, 6.07) is 15.0. The molecule has 2 N–H and O–H groups in total. The number of furan rings is 1. The van der Waals surface area contributed by atoms with Crippen LogP contribution in [0.2, 0.25) is 10.0 Å². The fourth-order valence-corrected chi connectivity index (χ4v) is 6.42. The lowest BCUT2D eigenvalue weighted by molar-refractivity contribution is -0.120. The SMILES string of the molecule is O=C(NCc1ccco1)c1ccccc1NC(=O)[C@@H]1CCCN(S(=O)(=O)Cc2c(Cl)cccc2Cl)C1. The van der Waals surface area contributed by atoms with Crippen molar-refractivity contribution in [3.8, 4) is 0 Å². The van der Waals surface area contributed by atoms with Crippen LogP contribution in [0.5, 0.6) is 0 Å². The summed E-state index contributed by atoms with van der Waals surface area (Å²) >= 11 is 12.3. The van der Waals surface area contributed by atoms with Crippen molar-refractivity contribution < 1.29 is 22.4 Å². The predicted molar refractivity (Wildman–Crippen MR) is 138 cm³/mol. The third-order valence-electron chi connectivity index (χ3n) is 5.97. The number of piperidine rings is 1. The number of nitrogens with zero attached hydrogens (tertiary/aromatic N) is 1. The van der Waals surface area contributed by atoms with Crippen molar-refractivity contribution in [3.63, 3.8) is 0 Å². The van der Waals surface area contributed by atoms with Crippen molar-refractivity contribution in [1.82, 2.24) is 9.62 Å². The molecule has 1 aliphatic heterocycles. The first-order valence-electron chi connectivity index (χ1n) is 11.4. The van der Waals surface area contributed by atoms with Gasteiger partial charge in [0.25, 0.3) is 5.91 Å². The molecular formula is C25H25Cl2N3O5S. The van der Waals surface area contributed by atoms with E-state index in [4.69, 9.17) is 27.6 Å². The van der Waals surface area contributed by atoms with Gasteiger partial charge in [-0.05, 0) is 49.2 Å². The summed E-state index contributed by atoms with van der Waals surface area (Å²) in [6.45, 7) is 0.544. The number of rotatable bonds is 8. The van der Waals surface area contributed by atoms with E-state index in [1.165, 1.54) is 10.6 Å². The highest BCUT2D eigenvalue weighted by atomic mass is 35.5. The van der Waals surface area contributed by atoms with E-state index in [1.54, 1.807) is 54.6 Å². The number of anilines is 1. The zero-order valence-corrected chi connectivity index (χ0v) is 21.6. The normalized spacial score (nSPS) is 16.4. The second-order valence-corrected chi connectivity index (χ2v) is 11.2. The first-order chi connectivity index (χ1) is 17.2. The number of hydrogen-bond acceptors (Lipinski definition) is 5. The minimum absolute atomic E-state index is 0.0308. The number of benzene rings is 2. The maximum atomic E-state index is 13.1. The second kappa shape index (κ2) is 11.5. The minimum atomic E-state index is -3.76. The largest absolute Gasteiger partial charge is 0.467 e. The van der Waals surface area contributed by atoms with Gasteiger partial charge < -0.3 is 15.1 Å². The number of carbonyl (C=O) groups excluding carboxylic acids is 2. The number of carbonyl (C=O) groups is 2. The highest BCUT2D eigenvalue weighted by molar-refractivity contribution is 7.88. The van der Waals surface area contributed by atoms with Gasteiger partial charge in [-0.1, -0.05) is 41.4 Å². The minimum Gasteiger partial charge on any atom is -0.467 e. The third-order valence-corrected chi connectivity index (χ3v) is 8.45. The molecule has 8 nitrogen and oxygen atoms in total. The van der Waals surface area contributed by atoms with Crippen LogP contribution in [0.15, 0.2) is 65.3 Å². The predicted octanol–water partition coefficient (Wildman–Crippen LogP) is 4.70. The monoisotopic (exact) mass is 549 g/mol. The molecule has 1 aromatic heterocycles. The Morgan fingerprint density at radius 2 is 1.78 bits per heavy atom. The molecule has 4 rings (SSSR count). The Hall–Kier alpha value is -2.85. The summed E-state index contributed by atoms with van der Waals surface area (Å²) in [7, 11) is -3.76. The molecule has 1 fully saturated rings. The fraction of sp³-hybridized carbons (Fsp3) is 0.280. The standard InChI is InChI=1S/C25H25Cl2N3O5S/c26-21-9-3-10-22(27)20(21)16-36(33,34)30-12-4-6-17(15-30)24(31)29-23-11-2-1-8-19(23)25(32)28-14-18-7-5-13-35-18/h1-3,5,7-11,13,17H,4,6,12,14-16H2,(H,28,32)(H,29,31)/t17-/m1/s1. The van der Waals surface area contributed by atoms with Gasteiger partial charge in [-0.25, -0.2) is 12.7 Å². The number of para-hydroxylation sites is 1. The molecule has 0 spiro atoms. The van der Waals surface area contributed by atoms with E-state index in [2.05, 4.69) is 10.6 Å². The van der Waals surface area contributed by atoms with Crippen molar-refractivity contribution in [1.29, 1.82) is 0 Å². The Morgan fingerprint density at radius 3 is 2.50 bits per heavy atom. The van der Waals surface area contributed by atoms with Gasteiger partial charge in [-0.2, -0.15) is 0 Å². The van der Waals surface area contributed by atoms with Crippen LogP contribution in [0.1, 0.15) is 34.5 Å². The van der Waals surface area contributed by atoms with Crippen molar-refractivity contribution in [3.05, 3.63) is 87.8 Å². The maximum absolute atomic E-state index is 13.1. The maximum Gasteiger partial charge on any atom is 0.253 e. The summed E-state index contributed by atoms with van der Waals surface area (Å²) in [4.78, 5) is 25.8. The van der Waals surface area contributed by atoms with Crippen molar-refractivity contribution in [2.75, 3.05) is 18.4 Å². The quantitative estimate of drug-likeness (QED) is 0.423. The van der Waals surface area contributed by atoms with Gasteiger partial charge in [-0.3, -0.25) is 9.59 Å². The van der Waals surface area contributed by atoms with Crippen molar-refractivity contribution >= 4 is 50.7 Å². The average molecular weight is 550 g/mol. The van der Waals surface area contributed by atoms with E-state index in [-0.39, 0.29) is 40.7 Å². The molecule has 2 aromatic carbocycles. The number of sulfonamides is 1. The second-order valence-electron chi connectivity index (χ2n) is 8.45. The number of halogens is 2. The van der Waals surface area contributed by atoms with E-state index in [1.807, 2.05) is 0 Å². The van der Waals surface area contributed by atoms with Crippen LogP contribution in [-0.4, -0.2) is 37.6 Å². The zero-order chi connectivity index (χ0) is 25.7. The van der Waals surface area contributed by atoms with Gasteiger partial charge >= 0.3 is 0 Å². The molecule has 0 unspecified atom stereocenters. The van der Waals surface area contributed by atoms with Crippen molar-refractivity contribution in [2.45, 2.75) is 25.1 Å². The molecule has 3 aromatic rings. The van der Waals surface area contributed by atoms with Crippen LogP contribution in [-0.2, 0) is 27.1 Å². The average Bonchev–Trinajstić information content (AvgIpc) is 3.39. The smallest absolute Gasteiger partial charge is 0.253 e. The topological polar surface area (TPSA) is 109 Å². The van der Waals surface area contributed by atoms with E-state index < -0.39 is 15.9 Å². The summed E-state index contributed by atoms with van der Waals surface area (Å²) in [6.07, 6.45) is 2.57. The molecule has 190 valence electrons. The summed E-state index contributed by atoms with van der Waals surface area (Å²) in [5, 5.41) is 6.12. The van der Waals surface area contributed by atoms with Gasteiger partial charge in [0.15, 0.2) is 0 Å². The van der Waals surface area contributed by atoms with Gasteiger partial charge in [0.2, 0.25) is 15.9 Å². The Bertz CT molecular complexity index is 1330. The van der Waals surface area contributed by atoms with Crippen LogP contribution in [0, 0.1) is 5.92 Å². The summed E-state index contributed by atoms with van der Waals surface area (Å²) in [5.41, 5.74) is 0.982. The molecule has 2 amide bonds. The molecule has 2 heterocycles. The number of amides is 2. The lowest BCUT2D eigenvalue weighted by atomic mass is 9.98. The van der Waals surface area contributed by atoms with E-state index in [0.717, 1.165) is 0 Å². The van der Waals surface area contributed by atoms with Gasteiger partial charge in [0.05, 0.1) is 35.7 Å². The van der Waals surface area contributed by atoms with Crippen LogP contribution < -0.4 is 10.6 Å². The molecule has 11 heteroatoms. The molecule has 36 heavy (non-hydrogen) atoms. The Balaban J connectivity index is 1.42. The Morgan fingerprint density at radius 1 is 1.03 bits per heavy atom. The van der Waals surface area contributed by atoms with E-state index in [9.17, 15) is 18.0 Å². The third kappa shape index (κ3) is 6.28. The Kier molecular flexibility index (Phi) is 8.35. The molecule has 1 atom stereocenters.